The van der Waals surface area contributed by atoms with Crippen LogP contribution in [-0.2, 0) is 0 Å². The molecule has 0 saturated heterocycles. The van der Waals surface area contributed by atoms with Crippen molar-refractivity contribution in [3.63, 3.8) is 0 Å². The molecule has 0 saturated carbocycles. The number of aliphatic hydroxyl groups is 1. The molecular weight excluding hydrogens is 142 g/mol. The van der Waals surface area contributed by atoms with E-state index in [-0.39, 0.29) is 12.1 Å². The molecular formula is C8H5NO2-. The van der Waals surface area contributed by atoms with Gasteiger partial charge in [-0.1, -0.05) is 24.3 Å². The summed E-state index contributed by atoms with van der Waals surface area (Å²) in [5, 5.41) is 20.0. The Bertz CT molecular complexity index is 320. The number of aliphatic imine (C=N–C) groups is 1. The topological polar surface area (TPSA) is 55.7 Å². The Balaban J connectivity index is 2.62. The first kappa shape index (κ1) is 6.37. The zero-order chi connectivity index (χ0) is 7.84. The molecule has 3 nitrogen and oxygen atoms in total. The standard InChI is InChI=1S/C8H6NO2/c10-7-5-3-1-2-4-6(5)8(11)9-7/h1-4,10H,(H,9,11)/p-1. The summed E-state index contributed by atoms with van der Waals surface area (Å²) in [7, 11) is 0. The molecule has 3 heteroatoms. The van der Waals surface area contributed by atoms with Crippen LogP contribution >= 0.6 is 0 Å². The van der Waals surface area contributed by atoms with Crippen LogP contribution in [0.2, 0.25) is 0 Å². The van der Waals surface area contributed by atoms with Crippen LogP contribution in [0.25, 0.3) is 0 Å². The van der Waals surface area contributed by atoms with Gasteiger partial charge in [-0.15, -0.1) is 0 Å². The van der Waals surface area contributed by atoms with Crippen LogP contribution in [0.4, 0.5) is 0 Å². The zero-order valence-corrected chi connectivity index (χ0v) is 5.61. The number of benzene rings is 1. The van der Waals surface area contributed by atoms with Crippen LogP contribution in [0.15, 0.2) is 29.3 Å². The van der Waals surface area contributed by atoms with E-state index in [9.17, 15) is 5.11 Å². The maximum Gasteiger partial charge on any atom is 0.237 e. The molecule has 1 aliphatic rings. The highest BCUT2D eigenvalue weighted by Gasteiger charge is 2.17. The summed E-state index contributed by atoms with van der Waals surface area (Å²) in [6, 6.07) is 6.80. The van der Waals surface area contributed by atoms with Gasteiger partial charge in [-0.3, -0.25) is 4.99 Å². The van der Waals surface area contributed by atoms with E-state index in [1.54, 1.807) is 24.3 Å². The summed E-state index contributed by atoms with van der Waals surface area (Å²) >= 11 is 0. The van der Waals surface area contributed by atoms with Crippen molar-refractivity contribution in [1.29, 1.82) is 0 Å². The van der Waals surface area contributed by atoms with Gasteiger partial charge in [0.25, 0.3) is 0 Å². The number of hydrogen-bond donors (Lipinski definition) is 1. The molecule has 1 radical (unpaired) electrons. The Morgan fingerprint density at radius 2 is 1.82 bits per heavy atom. The van der Waals surface area contributed by atoms with Gasteiger partial charge in [-0.05, 0) is 11.5 Å². The van der Waals surface area contributed by atoms with E-state index in [1.807, 2.05) is 0 Å². The van der Waals surface area contributed by atoms with Gasteiger partial charge in [0, 0.05) is 5.56 Å². The monoisotopic (exact) mass is 147 g/mol. The predicted molar refractivity (Wildman–Crippen MR) is 37.3 cm³/mol. The van der Waals surface area contributed by atoms with Crippen molar-refractivity contribution in [3.05, 3.63) is 41.6 Å². The molecule has 0 aliphatic carbocycles. The average Bonchev–Trinajstić information content (AvgIpc) is 2.30. The summed E-state index contributed by atoms with van der Waals surface area (Å²) in [5.41, 5.74) is 1.00. The van der Waals surface area contributed by atoms with E-state index < -0.39 is 0 Å². The van der Waals surface area contributed by atoms with Crippen LogP contribution in [0.1, 0.15) is 11.1 Å². The molecule has 1 N–H and O–H groups in total. The second-order valence-corrected chi connectivity index (χ2v) is 2.29. The molecule has 0 aromatic heterocycles. The molecule has 0 bridgehead atoms. The summed E-state index contributed by atoms with van der Waals surface area (Å²) in [4.78, 5) is 3.39. The van der Waals surface area contributed by atoms with Crippen molar-refractivity contribution in [2.24, 2.45) is 4.99 Å². The minimum atomic E-state index is -0.363. The van der Waals surface area contributed by atoms with Gasteiger partial charge in [0.2, 0.25) is 6.23 Å². The highest BCUT2D eigenvalue weighted by Crippen LogP contribution is 2.23. The Hall–Kier alpha value is -1.35. The van der Waals surface area contributed by atoms with E-state index >= 15 is 0 Å². The van der Waals surface area contributed by atoms with Crippen LogP contribution in [0, 0.1) is 6.23 Å². The van der Waals surface area contributed by atoms with Crippen LogP contribution in [0.3, 0.4) is 0 Å². The molecule has 2 rings (SSSR count). The van der Waals surface area contributed by atoms with Gasteiger partial charge < -0.3 is 10.2 Å². The molecule has 0 unspecified atom stereocenters. The number of aliphatic hydroxyl groups excluding tert-OH is 1. The Morgan fingerprint density at radius 3 is 2.45 bits per heavy atom. The largest absolute Gasteiger partial charge is 0.858 e. The summed E-state index contributed by atoms with van der Waals surface area (Å²) in [6.07, 6.45) is -0.175. The second-order valence-electron chi connectivity index (χ2n) is 2.29. The average molecular weight is 147 g/mol. The molecule has 0 amide bonds. The molecule has 1 aromatic rings. The Morgan fingerprint density at radius 1 is 1.18 bits per heavy atom. The zero-order valence-electron chi connectivity index (χ0n) is 5.61. The first-order valence-electron chi connectivity index (χ1n) is 3.20. The van der Waals surface area contributed by atoms with Crippen LogP contribution in [0.5, 0.6) is 0 Å². The Kier molecular flexibility index (Phi) is 1.20. The van der Waals surface area contributed by atoms with Crippen molar-refractivity contribution in [2.75, 3.05) is 0 Å². The minimum Gasteiger partial charge on any atom is -0.858 e. The van der Waals surface area contributed by atoms with Crippen molar-refractivity contribution >= 4 is 5.90 Å². The lowest BCUT2D eigenvalue weighted by Gasteiger charge is -2.03. The third kappa shape index (κ3) is 0.816. The van der Waals surface area contributed by atoms with Crippen molar-refractivity contribution in [3.8, 4) is 0 Å². The van der Waals surface area contributed by atoms with Gasteiger partial charge in [-0.25, -0.2) is 0 Å². The molecule has 0 atom stereocenters. The first-order valence-corrected chi connectivity index (χ1v) is 3.20. The lowest BCUT2D eigenvalue weighted by molar-refractivity contribution is -0.212. The summed E-state index contributed by atoms with van der Waals surface area (Å²) in [5.74, 6) is -0.363. The van der Waals surface area contributed by atoms with E-state index in [4.69, 9.17) is 5.11 Å². The van der Waals surface area contributed by atoms with E-state index in [1.165, 1.54) is 0 Å². The van der Waals surface area contributed by atoms with Gasteiger partial charge in [0.15, 0.2) is 0 Å². The fourth-order valence-corrected chi connectivity index (χ4v) is 1.08. The van der Waals surface area contributed by atoms with Crippen molar-refractivity contribution < 1.29 is 10.2 Å². The fourth-order valence-electron chi connectivity index (χ4n) is 1.08. The van der Waals surface area contributed by atoms with E-state index in [0.717, 1.165) is 0 Å². The number of fused-ring (bicyclic) bond motifs is 1. The Labute approximate surface area is 63.6 Å². The van der Waals surface area contributed by atoms with Crippen LogP contribution < -0.4 is 5.11 Å². The fraction of sp³-hybridized carbons (Fsp3) is 0. The molecule has 11 heavy (non-hydrogen) atoms. The molecule has 1 heterocycles. The molecule has 55 valence electrons. The van der Waals surface area contributed by atoms with Gasteiger partial charge in [0.1, 0.15) is 0 Å². The highest BCUT2D eigenvalue weighted by molar-refractivity contribution is 5.96. The van der Waals surface area contributed by atoms with Gasteiger partial charge in [-0.2, -0.15) is 0 Å². The highest BCUT2D eigenvalue weighted by atomic mass is 16.3. The third-order valence-corrected chi connectivity index (χ3v) is 1.61. The molecule has 1 aliphatic heterocycles. The maximum absolute atomic E-state index is 10.9. The first-order chi connectivity index (χ1) is 5.29. The lowest BCUT2D eigenvalue weighted by atomic mass is 10.1. The minimum absolute atomic E-state index is 0.175. The number of rotatable bonds is 0. The molecule has 0 spiro atoms. The summed E-state index contributed by atoms with van der Waals surface area (Å²) in [6.45, 7) is 0. The van der Waals surface area contributed by atoms with Gasteiger partial charge >= 0.3 is 0 Å². The van der Waals surface area contributed by atoms with Crippen molar-refractivity contribution in [2.45, 2.75) is 0 Å². The third-order valence-electron chi connectivity index (χ3n) is 1.61. The number of nitrogens with zero attached hydrogens (tertiary/aromatic N) is 1. The van der Waals surface area contributed by atoms with E-state index in [0.29, 0.717) is 11.1 Å². The SMILES string of the molecule is [O-]C1=N[C](O)c2ccccc21. The van der Waals surface area contributed by atoms with E-state index in [2.05, 4.69) is 4.99 Å². The predicted octanol–water partition coefficient (Wildman–Crippen LogP) is 0.0172. The van der Waals surface area contributed by atoms with Crippen molar-refractivity contribution in [1.82, 2.24) is 0 Å². The smallest absolute Gasteiger partial charge is 0.237 e. The summed E-state index contributed by atoms with van der Waals surface area (Å²) < 4.78 is 0. The molecule has 0 fully saturated rings. The second kappa shape index (κ2) is 2.07. The quantitative estimate of drug-likeness (QED) is 0.562. The van der Waals surface area contributed by atoms with Gasteiger partial charge in [0.05, 0.1) is 0 Å². The lowest BCUT2D eigenvalue weighted by Crippen LogP contribution is -2.15. The normalized spacial score (nSPS) is 16.3. The number of hydrogen-bond acceptors (Lipinski definition) is 3. The molecule has 1 aromatic carbocycles. The van der Waals surface area contributed by atoms with Crippen LogP contribution in [-0.4, -0.2) is 11.0 Å². The maximum atomic E-state index is 10.9.